The van der Waals surface area contributed by atoms with Crippen molar-refractivity contribution in [3.63, 3.8) is 0 Å². The molecule has 0 saturated heterocycles. The molecular weight excluding hydrogens is 348 g/mol. The Labute approximate surface area is 168 Å². The van der Waals surface area contributed by atoms with Crippen molar-refractivity contribution >= 4 is 5.71 Å². The van der Waals surface area contributed by atoms with E-state index in [0.29, 0.717) is 12.6 Å². The number of benzene rings is 2. The lowest BCUT2D eigenvalue weighted by molar-refractivity contribution is 0.00121. The first-order valence-electron chi connectivity index (χ1n) is 9.87. The Morgan fingerprint density at radius 1 is 0.964 bits per heavy atom. The van der Waals surface area contributed by atoms with E-state index in [0.717, 1.165) is 34.7 Å². The van der Waals surface area contributed by atoms with E-state index in [1.807, 2.05) is 39.0 Å². The van der Waals surface area contributed by atoms with Gasteiger partial charge in [0, 0.05) is 23.7 Å². The van der Waals surface area contributed by atoms with Gasteiger partial charge in [0.2, 0.25) is 0 Å². The van der Waals surface area contributed by atoms with Crippen LogP contribution in [0.2, 0.25) is 0 Å². The van der Waals surface area contributed by atoms with Gasteiger partial charge in [-0.3, -0.25) is 0 Å². The predicted octanol–water partition coefficient (Wildman–Crippen LogP) is 5.17. The van der Waals surface area contributed by atoms with E-state index in [-0.39, 0.29) is 5.60 Å². The fourth-order valence-corrected chi connectivity index (χ4v) is 2.99. The van der Waals surface area contributed by atoms with Crippen LogP contribution in [0.1, 0.15) is 45.7 Å². The van der Waals surface area contributed by atoms with Crippen LogP contribution in [-0.4, -0.2) is 30.5 Å². The van der Waals surface area contributed by atoms with Crippen molar-refractivity contribution in [2.45, 2.75) is 46.3 Å². The van der Waals surface area contributed by atoms with Gasteiger partial charge in [0.1, 0.15) is 23.7 Å². The van der Waals surface area contributed by atoms with Gasteiger partial charge in [-0.25, -0.2) is 0 Å². The number of nitrogens with one attached hydrogen (secondary N) is 1. The molecule has 1 N–H and O–H groups in total. The maximum absolute atomic E-state index is 5.92. The van der Waals surface area contributed by atoms with Gasteiger partial charge in [0.25, 0.3) is 0 Å². The molecule has 148 valence electrons. The van der Waals surface area contributed by atoms with Gasteiger partial charge in [0.05, 0.1) is 0 Å². The minimum atomic E-state index is -0.340. The molecule has 4 nitrogen and oxygen atoms in total. The molecule has 0 aromatic heterocycles. The quantitative estimate of drug-likeness (QED) is 0.456. The lowest BCUT2D eigenvalue weighted by Crippen LogP contribution is -2.22. The first-order chi connectivity index (χ1) is 13.3. The fourth-order valence-electron chi connectivity index (χ4n) is 2.99. The van der Waals surface area contributed by atoms with E-state index in [1.165, 1.54) is 5.56 Å². The largest absolute Gasteiger partial charge is 0.490 e. The molecule has 1 aliphatic rings. The van der Waals surface area contributed by atoms with Gasteiger partial charge in [0.15, 0.2) is 0 Å². The lowest BCUT2D eigenvalue weighted by atomic mass is 10.1. The number of ether oxygens (including phenoxy) is 1. The molecule has 0 amide bonds. The van der Waals surface area contributed by atoms with Crippen LogP contribution in [0, 0.1) is 0 Å². The van der Waals surface area contributed by atoms with Gasteiger partial charge in [-0.2, -0.15) is 0 Å². The molecule has 0 unspecified atom stereocenters. The first-order valence-corrected chi connectivity index (χ1v) is 9.87. The van der Waals surface area contributed by atoms with E-state index < -0.39 is 0 Å². The average molecular weight is 379 g/mol. The van der Waals surface area contributed by atoms with Crippen LogP contribution in [0.3, 0.4) is 0 Å². The predicted molar refractivity (Wildman–Crippen MR) is 116 cm³/mol. The van der Waals surface area contributed by atoms with Gasteiger partial charge in [-0.05, 0) is 50.1 Å². The van der Waals surface area contributed by atoms with Crippen molar-refractivity contribution in [3.05, 3.63) is 65.7 Å². The molecule has 0 radical (unpaired) electrons. The molecule has 28 heavy (non-hydrogen) atoms. The third kappa shape index (κ3) is 5.02. The van der Waals surface area contributed by atoms with Crippen LogP contribution in [0.15, 0.2) is 59.8 Å². The number of hydrogen-bond acceptors (Lipinski definition) is 4. The zero-order valence-electron chi connectivity index (χ0n) is 17.5. The Bertz CT molecular complexity index is 876. The molecule has 2 aromatic carbocycles. The molecule has 0 bridgehead atoms. The zero-order chi connectivity index (χ0) is 20.1. The van der Waals surface area contributed by atoms with Gasteiger partial charge in [-0.1, -0.05) is 55.4 Å². The maximum atomic E-state index is 5.92. The summed E-state index contributed by atoms with van der Waals surface area (Å²) < 4.78 is 5.92. The van der Waals surface area contributed by atoms with Crippen LogP contribution in [0.25, 0.3) is 11.1 Å². The fraction of sp³-hybridized carbons (Fsp3) is 0.375. The molecule has 0 spiro atoms. The second-order valence-corrected chi connectivity index (χ2v) is 8.24. The molecule has 0 fully saturated rings. The van der Waals surface area contributed by atoms with Crippen molar-refractivity contribution in [1.29, 1.82) is 0 Å². The number of fused-ring (bicyclic) bond motifs is 3. The summed E-state index contributed by atoms with van der Waals surface area (Å²) >= 11 is 0. The summed E-state index contributed by atoms with van der Waals surface area (Å²) in [6, 6.07) is 15.0. The molecular formula is C24H30N2O2. The first kappa shape index (κ1) is 20.2. The average Bonchev–Trinajstić information content (AvgIpc) is 2.95. The van der Waals surface area contributed by atoms with Crippen LogP contribution in [0.4, 0.5) is 0 Å². The topological polar surface area (TPSA) is 42.8 Å². The van der Waals surface area contributed by atoms with E-state index in [4.69, 9.17) is 9.57 Å². The second kappa shape index (κ2) is 8.61. The van der Waals surface area contributed by atoms with E-state index in [1.54, 1.807) is 0 Å². The summed E-state index contributed by atoms with van der Waals surface area (Å²) in [7, 11) is 0. The molecule has 0 saturated carbocycles. The number of rotatable bonds is 7. The number of nitrogens with zero attached hydrogens (tertiary/aromatic N) is 1. The number of oxime groups is 1. The molecule has 0 atom stereocenters. The summed E-state index contributed by atoms with van der Waals surface area (Å²) in [6.45, 7) is 11.7. The molecule has 3 rings (SSSR count). The molecule has 4 heteroatoms. The maximum Gasteiger partial charge on any atom is 0.129 e. The minimum Gasteiger partial charge on any atom is -0.490 e. The van der Waals surface area contributed by atoms with E-state index in [2.05, 4.69) is 60.7 Å². The molecule has 1 aliphatic carbocycles. The van der Waals surface area contributed by atoms with Crippen LogP contribution in [0.5, 0.6) is 5.75 Å². The number of hydrogen-bond donors (Lipinski definition) is 1. The van der Waals surface area contributed by atoms with Gasteiger partial charge >= 0.3 is 0 Å². The van der Waals surface area contributed by atoms with Crippen molar-refractivity contribution in [1.82, 2.24) is 5.32 Å². The normalized spacial score (nSPS) is 14.6. The van der Waals surface area contributed by atoms with Crippen LogP contribution >= 0.6 is 0 Å². The Morgan fingerprint density at radius 3 is 2.39 bits per heavy atom. The second-order valence-electron chi connectivity index (χ2n) is 8.24. The third-order valence-electron chi connectivity index (χ3n) is 4.29. The standard InChI is InChI=1S/C24H30N2O2/c1-17(2)25-14-8-9-15-27-18-12-13-20-19-10-6-7-11-21(19)23(22(20)16-18)26-28-24(3,4)5/h6-13,16-17,25H,14-15H2,1-5H3/b9-8+,26-23+. The summed E-state index contributed by atoms with van der Waals surface area (Å²) in [6.07, 6.45) is 4.13. The Morgan fingerprint density at radius 2 is 1.68 bits per heavy atom. The molecule has 0 heterocycles. The monoisotopic (exact) mass is 378 g/mol. The highest BCUT2D eigenvalue weighted by atomic mass is 16.6. The summed E-state index contributed by atoms with van der Waals surface area (Å²) in [5, 5.41) is 7.84. The van der Waals surface area contributed by atoms with Crippen LogP contribution in [-0.2, 0) is 4.84 Å². The molecule has 2 aromatic rings. The minimum absolute atomic E-state index is 0.340. The summed E-state index contributed by atoms with van der Waals surface area (Å²) in [4.78, 5) is 5.74. The van der Waals surface area contributed by atoms with Gasteiger partial charge < -0.3 is 14.9 Å². The van der Waals surface area contributed by atoms with Crippen molar-refractivity contribution in [2.24, 2.45) is 5.16 Å². The van der Waals surface area contributed by atoms with E-state index >= 15 is 0 Å². The smallest absolute Gasteiger partial charge is 0.129 e. The summed E-state index contributed by atoms with van der Waals surface area (Å²) in [5.41, 5.74) is 5.01. The highest BCUT2D eigenvalue weighted by molar-refractivity contribution is 6.24. The Kier molecular flexibility index (Phi) is 6.20. The summed E-state index contributed by atoms with van der Waals surface area (Å²) in [5.74, 6) is 0.830. The molecule has 0 aliphatic heterocycles. The van der Waals surface area contributed by atoms with Crippen molar-refractivity contribution in [3.8, 4) is 16.9 Å². The Balaban J connectivity index is 1.79. The van der Waals surface area contributed by atoms with E-state index in [9.17, 15) is 0 Å². The Hall–Kier alpha value is -2.59. The third-order valence-corrected chi connectivity index (χ3v) is 4.29. The van der Waals surface area contributed by atoms with Crippen molar-refractivity contribution in [2.75, 3.05) is 13.2 Å². The SMILES string of the molecule is CC(C)NC/C=C/COc1ccc2c(c1)/C(=N/OC(C)(C)C)c1ccccc1-2. The highest BCUT2D eigenvalue weighted by Gasteiger charge is 2.26. The van der Waals surface area contributed by atoms with Crippen LogP contribution < -0.4 is 10.1 Å². The van der Waals surface area contributed by atoms with Gasteiger partial charge in [-0.15, -0.1) is 0 Å². The lowest BCUT2D eigenvalue weighted by Gasteiger charge is -2.16. The highest BCUT2D eigenvalue weighted by Crippen LogP contribution is 2.39. The van der Waals surface area contributed by atoms with Crippen molar-refractivity contribution < 1.29 is 9.57 Å². The zero-order valence-corrected chi connectivity index (χ0v) is 17.5.